The van der Waals surface area contributed by atoms with E-state index in [0.29, 0.717) is 59.2 Å². The first-order chi connectivity index (χ1) is 51.4. The van der Waals surface area contributed by atoms with Crippen LogP contribution < -0.4 is 25.5 Å². The molecule has 0 saturated heterocycles. The quantitative estimate of drug-likeness (QED) is 0.203. The number of carbonyl (C=O) groups is 5. The zero-order valence-corrected chi connectivity index (χ0v) is 75.9. The Bertz CT molecular complexity index is 3290. The second-order valence-electron chi connectivity index (χ2n) is 42.6. The third kappa shape index (κ3) is 16.0. The normalized spacial score (nSPS) is 40.9. The third-order valence-electron chi connectivity index (χ3n) is 35.2. The molecule has 610 valence electrons. The van der Waals surface area contributed by atoms with Gasteiger partial charge in [0.2, 0.25) is 0 Å². The maximum atomic E-state index is 11.8. The van der Waals surface area contributed by atoms with Crippen LogP contribution in [0, 0.1) is 143 Å². The summed E-state index contributed by atoms with van der Waals surface area (Å²) in [4.78, 5) is 59.2. The number of allylic oxidation sites excluding steroid dienone is 20. The van der Waals surface area contributed by atoms with Crippen molar-refractivity contribution in [3.8, 4) is 0 Å². The monoisotopic (exact) mass is 1690 g/mol. The number of carboxylic acids is 5. The summed E-state index contributed by atoms with van der Waals surface area (Å²) in [6.45, 7) is 44.1. The number of aliphatic carboxylic acids is 5. The first-order valence-corrected chi connectivity index (χ1v) is 44.5. The summed E-state index contributed by atoms with van der Waals surface area (Å²) in [6.07, 6.45) is 54.8. The van der Waals surface area contributed by atoms with Crippen LogP contribution in [0.15, 0.2) is 116 Å². The van der Waals surface area contributed by atoms with Crippen LogP contribution in [0.2, 0.25) is 0 Å². The van der Waals surface area contributed by atoms with Gasteiger partial charge in [-0.2, -0.15) is 0 Å². The summed E-state index contributed by atoms with van der Waals surface area (Å²) in [6, 6.07) is 0. The molecule has 5 fully saturated rings. The van der Waals surface area contributed by atoms with Crippen LogP contribution in [0.4, 0.5) is 0 Å². The average Bonchev–Trinajstić information content (AvgIpc) is 0.751. The van der Waals surface area contributed by atoms with Crippen LogP contribution in [0.5, 0.6) is 0 Å². The molecule has 0 aliphatic heterocycles. The van der Waals surface area contributed by atoms with Crippen molar-refractivity contribution in [2.24, 2.45) is 143 Å². The van der Waals surface area contributed by atoms with Gasteiger partial charge in [0.25, 0.3) is 0 Å². The molecule has 0 aromatic rings. The molecule has 111 heavy (non-hydrogen) atoms. The number of carbonyl (C=O) groups excluding carboxylic acids is 5. The molecule has 15 rings (SSSR count). The van der Waals surface area contributed by atoms with Crippen molar-refractivity contribution in [3.63, 3.8) is 0 Å². The summed E-state index contributed by atoms with van der Waals surface area (Å²) in [5.74, 6) is 2.69. The van der Waals surface area contributed by atoms with E-state index >= 15 is 0 Å². The fourth-order valence-electron chi connectivity index (χ4n) is 27.9. The van der Waals surface area contributed by atoms with Crippen LogP contribution in [-0.4, -0.2) is 29.8 Å². The van der Waals surface area contributed by atoms with Gasteiger partial charge in [-0.05, 0) is 304 Å². The molecule has 15 aliphatic carbocycles. The first-order valence-electron chi connectivity index (χ1n) is 44.5. The van der Waals surface area contributed by atoms with Gasteiger partial charge in [-0.15, -0.1) is 0 Å². The molecule has 0 spiro atoms. The van der Waals surface area contributed by atoms with Gasteiger partial charge in [-0.3, -0.25) is 0 Å². The molecule has 0 heterocycles. The van der Waals surface area contributed by atoms with Crippen molar-refractivity contribution in [1.82, 2.24) is 0 Å². The van der Waals surface area contributed by atoms with Gasteiger partial charge in [-0.25, -0.2) is 0 Å². The van der Waals surface area contributed by atoms with Gasteiger partial charge in [0.05, 0.1) is 0 Å². The molecule has 0 unspecified atom stereocenters. The van der Waals surface area contributed by atoms with E-state index in [2.05, 4.69) is 165 Å². The van der Waals surface area contributed by atoms with E-state index in [1.165, 1.54) is 92.1 Å². The van der Waals surface area contributed by atoms with Gasteiger partial charge in [0.15, 0.2) is 0 Å². The predicted octanol–water partition coefficient (Wildman–Crippen LogP) is 19.4. The maximum absolute atomic E-state index is 11.8. The minimum Gasteiger partial charge on any atom is -0.550 e. The van der Waals surface area contributed by atoms with Gasteiger partial charge >= 0.3 is 22.4 Å². The minimum atomic E-state index is -0.838. The van der Waals surface area contributed by atoms with E-state index in [1.54, 1.807) is 27.9 Å². The second-order valence-corrected chi connectivity index (χ2v) is 42.6. The number of rotatable bonds is 10. The van der Waals surface area contributed by atoms with Gasteiger partial charge in [0, 0.05) is 56.9 Å². The van der Waals surface area contributed by atoms with E-state index in [0.717, 1.165) is 128 Å². The number of hydrogen-bond donors (Lipinski definition) is 0. The van der Waals surface area contributed by atoms with Crippen molar-refractivity contribution in [1.29, 1.82) is 0 Å². The largest absolute Gasteiger partial charge is 5.00 e. The van der Waals surface area contributed by atoms with Crippen LogP contribution >= 0.6 is 0 Å². The molecular formula is C100H145O10Ta. The Hall–Kier alpha value is -4.51. The van der Waals surface area contributed by atoms with E-state index in [4.69, 9.17) is 0 Å². The molecule has 0 N–H and O–H groups in total. The number of carboxylic acid groups (broad SMARTS) is 5. The van der Waals surface area contributed by atoms with E-state index < -0.39 is 56.9 Å². The molecular weight excluding hydrogens is 1540 g/mol. The van der Waals surface area contributed by atoms with E-state index in [9.17, 15) is 49.5 Å². The molecule has 0 aromatic heterocycles. The SMILES string of the molecule is CC(C)C1=CC2=CC[C@@H]3[C@](C)(CCC[C@@]3(C)C(=O)[O-])[C@H]2CC1.CC(C)C1=CC2=CC[C@@H]3[C@](C)(CCC[C@@]3(C)C(=O)[O-])[C@H]2CC1.CC(C)C1=CC2=CC[C@@H]3[C@](C)(CCC[C@@]3(C)C(=O)[O-])[C@H]2CC1.CC(C)C1=CC2=CC[C@@H]3[C@](C)(CCC[C@@]3(C)C(=O)[O-])[C@H]2CC1.CC(C)C1=CC2=CC[C@@H]3[C@](C)(CCC[C@@]3(C)C(=O)[O-])[C@H]2CC1.[Ta+5]. The van der Waals surface area contributed by atoms with E-state index in [1.807, 2.05) is 34.6 Å². The maximum Gasteiger partial charge on any atom is 5.00 e. The van der Waals surface area contributed by atoms with Gasteiger partial charge in [-0.1, -0.05) is 259 Å². The zero-order valence-electron chi connectivity index (χ0n) is 72.7. The Morgan fingerprint density at radius 3 is 0.541 bits per heavy atom. The van der Waals surface area contributed by atoms with Crippen LogP contribution in [0.25, 0.3) is 0 Å². The molecule has 0 amide bonds. The smallest absolute Gasteiger partial charge is 0.550 e. The predicted molar refractivity (Wildman–Crippen MR) is 435 cm³/mol. The molecule has 5 saturated carbocycles. The van der Waals surface area contributed by atoms with Crippen molar-refractivity contribution in [2.75, 3.05) is 0 Å². The van der Waals surface area contributed by atoms with Crippen molar-refractivity contribution >= 4 is 29.8 Å². The Labute approximate surface area is 687 Å². The fourth-order valence-corrected chi connectivity index (χ4v) is 27.9. The Morgan fingerprint density at radius 2 is 0.414 bits per heavy atom. The minimum absolute atomic E-state index is 0. The van der Waals surface area contributed by atoms with Crippen LogP contribution in [-0.2, 0) is 46.4 Å². The molecule has 15 aliphatic rings. The van der Waals surface area contributed by atoms with Crippen molar-refractivity contribution < 1.29 is 71.9 Å². The summed E-state index contributed by atoms with van der Waals surface area (Å²) < 4.78 is 0. The Kier molecular flexibility index (Phi) is 26.8. The Balaban J connectivity index is 0.000000147. The third-order valence-corrected chi connectivity index (χ3v) is 35.2. The zero-order chi connectivity index (χ0) is 80.6. The summed E-state index contributed by atoms with van der Waals surface area (Å²) in [5.41, 5.74) is 12.5. The fraction of sp³-hybridized carbons (Fsp3) is 0.750. The number of hydrogen-bond acceptors (Lipinski definition) is 10. The Morgan fingerprint density at radius 1 is 0.270 bits per heavy atom. The summed E-state index contributed by atoms with van der Waals surface area (Å²) >= 11 is 0. The molecule has 20 atom stereocenters. The number of fused-ring (bicyclic) bond motifs is 15. The van der Waals surface area contributed by atoms with Crippen LogP contribution in [0.1, 0.15) is 331 Å². The molecule has 0 bridgehead atoms. The van der Waals surface area contributed by atoms with Crippen molar-refractivity contribution in [2.45, 2.75) is 331 Å². The van der Waals surface area contributed by atoms with Crippen molar-refractivity contribution in [3.05, 3.63) is 116 Å². The first kappa shape index (κ1) is 88.8. The average molecular weight is 1690 g/mol. The molecule has 0 radical (unpaired) electrons. The van der Waals surface area contributed by atoms with Gasteiger partial charge in [0.1, 0.15) is 0 Å². The summed E-state index contributed by atoms with van der Waals surface area (Å²) in [5, 5.41) is 59.2. The van der Waals surface area contributed by atoms with E-state index in [-0.39, 0.29) is 79.0 Å². The van der Waals surface area contributed by atoms with Gasteiger partial charge < -0.3 is 49.5 Å². The molecule has 11 heteroatoms. The standard InChI is InChI=1S/5C20H30O2.Ta/c5*1-13(2)14-6-8-16-15(12-14)7-9-17-19(16,3)10-5-11-20(17,4)18(21)22;/h5*7,12-13,16-17H,5-6,8-11H2,1-4H3,(H,21,22);/q;;;;;+5/p-5/t5*16-,17+,19+,20+;/m00000./s1. The molecule has 10 nitrogen and oxygen atoms in total. The summed E-state index contributed by atoms with van der Waals surface area (Å²) in [7, 11) is 0. The second kappa shape index (κ2) is 33.5. The molecule has 0 aromatic carbocycles. The van der Waals surface area contributed by atoms with Crippen LogP contribution in [0.3, 0.4) is 0 Å². The topological polar surface area (TPSA) is 201 Å².